The summed E-state index contributed by atoms with van der Waals surface area (Å²) in [5, 5.41) is 2.79. The highest BCUT2D eigenvalue weighted by Gasteiger charge is 2.22. The van der Waals surface area contributed by atoms with Crippen LogP contribution in [0.4, 0.5) is 4.79 Å². The van der Waals surface area contributed by atoms with Crippen LogP contribution in [-0.4, -0.2) is 47.9 Å². The molecular weight excluding hydrogens is 368 g/mol. The fourth-order valence-corrected chi connectivity index (χ4v) is 2.73. The number of hydrogen-bond donors (Lipinski definition) is 1. The zero-order valence-corrected chi connectivity index (χ0v) is 17.4. The maximum Gasteiger partial charge on any atom is 0.410 e. The Kier molecular flexibility index (Phi) is 7.53. The summed E-state index contributed by atoms with van der Waals surface area (Å²) in [6, 6.07) is 15.6. The normalized spacial score (nSPS) is 10.9. The lowest BCUT2D eigenvalue weighted by molar-refractivity contribution is 0.0260. The molecule has 2 aromatic rings. The van der Waals surface area contributed by atoms with E-state index in [1.165, 1.54) is 4.90 Å². The second-order valence-electron chi connectivity index (χ2n) is 7.56. The van der Waals surface area contributed by atoms with Crippen LogP contribution >= 0.6 is 0 Å². The lowest BCUT2D eigenvalue weighted by atomic mass is 9.98. The Morgan fingerprint density at radius 3 is 2.10 bits per heavy atom. The van der Waals surface area contributed by atoms with E-state index in [1.807, 2.05) is 13.0 Å². The molecule has 6 nitrogen and oxygen atoms in total. The van der Waals surface area contributed by atoms with Crippen LogP contribution in [0.25, 0.3) is 0 Å². The fraction of sp³-hybridized carbons (Fsp3) is 0.348. The van der Waals surface area contributed by atoms with Crippen LogP contribution in [0.2, 0.25) is 0 Å². The summed E-state index contributed by atoms with van der Waals surface area (Å²) in [7, 11) is 0. The Hall–Kier alpha value is -3.15. The second kappa shape index (κ2) is 9.87. The van der Waals surface area contributed by atoms with Gasteiger partial charge in [0.1, 0.15) is 5.60 Å². The maximum atomic E-state index is 12.8. The van der Waals surface area contributed by atoms with Gasteiger partial charge >= 0.3 is 6.09 Å². The first-order chi connectivity index (χ1) is 13.7. The van der Waals surface area contributed by atoms with Gasteiger partial charge < -0.3 is 15.0 Å². The van der Waals surface area contributed by atoms with Crippen LogP contribution in [0.1, 0.15) is 54.0 Å². The predicted molar refractivity (Wildman–Crippen MR) is 112 cm³/mol. The van der Waals surface area contributed by atoms with Crippen molar-refractivity contribution in [1.82, 2.24) is 10.2 Å². The highest BCUT2D eigenvalue weighted by atomic mass is 16.6. The van der Waals surface area contributed by atoms with Crippen molar-refractivity contribution < 1.29 is 19.1 Å². The van der Waals surface area contributed by atoms with Crippen LogP contribution < -0.4 is 5.32 Å². The quantitative estimate of drug-likeness (QED) is 0.720. The number of rotatable bonds is 7. The monoisotopic (exact) mass is 396 g/mol. The summed E-state index contributed by atoms with van der Waals surface area (Å²) in [5.74, 6) is -0.564. The SMILES string of the molecule is CCN(CCNC(=O)c1ccccc1C(=O)c1ccccc1)C(=O)OC(C)(C)C. The number of ether oxygens (including phenoxy) is 1. The molecule has 0 unspecified atom stereocenters. The zero-order valence-electron chi connectivity index (χ0n) is 17.4. The van der Waals surface area contributed by atoms with E-state index in [1.54, 1.807) is 69.3 Å². The predicted octanol–water partition coefficient (Wildman–Crippen LogP) is 3.90. The number of nitrogens with one attached hydrogen (secondary N) is 1. The zero-order chi connectivity index (χ0) is 21.4. The van der Waals surface area contributed by atoms with E-state index < -0.39 is 11.7 Å². The van der Waals surface area contributed by atoms with Crippen molar-refractivity contribution >= 4 is 17.8 Å². The summed E-state index contributed by atoms with van der Waals surface area (Å²) in [5.41, 5.74) is 0.594. The first-order valence-electron chi connectivity index (χ1n) is 9.68. The fourth-order valence-electron chi connectivity index (χ4n) is 2.73. The van der Waals surface area contributed by atoms with Gasteiger partial charge in [-0.25, -0.2) is 4.79 Å². The molecule has 0 fully saturated rings. The summed E-state index contributed by atoms with van der Waals surface area (Å²) in [4.78, 5) is 39.1. The molecule has 0 atom stereocenters. The van der Waals surface area contributed by atoms with Crippen molar-refractivity contribution in [2.75, 3.05) is 19.6 Å². The Bertz CT molecular complexity index is 857. The number of ketones is 1. The molecule has 0 aliphatic carbocycles. The Morgan fingerprint density at radius 1 is 0.931 bits per heavy atom. The molecule has 2 amide bonds. The summed E-state index contributed by atoms with van der Waals surface area (Å²) < 4.78 is 5.36. The average Bonchev–Trinajstić information content (AvgIpc) is 2.69. The molecule has 0 heterocycles. The van der Waals surface area contributed by atoms with E-state index in [4.69, 9.17) is 4.74 Å². The first kappa shape index (κ1) is 22.1. The van der Waals surface area contributed by atoms with Gasteiger partial charge in [-0.3, -0.25) is 9.59 Å². The minimum absolute atomic E-state index is 0.208. The topological polar surface area (TPSA) is 75.7 Å². The summed E-state index contributed by atoms with van der Waals surface area (Å²) in [6.45, 7) is 8.29. The minimum atomic E-state index is -0.579. The molecule has 29 heavy (non-hydrogen) atoms. The highest BCUT2D eigenvalue weighted by molar-refractivity contribution is 6.15. The average molecular weight is 396 g/mol. The van der Waals surface area contributed by atoms with Crippen molar-refractivity contribution in [3.8, 4) is 0 Å². The summed E-state index contributed by atoms with van der Waals surface area (Å²) >= 11 is 0. The molecule has 2 aromatic carbocycles. The molecule has 0 aliphatic heterocycles. The Balaban J connectivity index is 2.03. The standard InChI is InChI=1S/C23H28N2O4/c1-5-25(22(28)29-23(2,3)4)16-15-24-21(27)19-14-10-9-13-18(19)20(26)17-11-7-6-8-12-17/h6-14H,5,15-16H2,1-4H3,(H,24,27). The lowest BCUT2D eigenvalue weighted by Gasteiger charge is -2.26. The molecule has 0 saturated carbocycles. The van der Waals surface area contributed by atoms with Gasteiger partial charge in [-0.1, -0.05) is 48.5 Å². The Labute approximate surface area is 171 Å². The van der Waals surface area contributed by atoms with Gasteiger partial charge in [0.05, 0.1) is 5.56 Å². The van der Waals surface area contributed by atoms with Crippen LogP contribution in [0, 0.1) is 0 Å². The van der Waals surface area contributed by atoms with E-state index in [0.29, 0.717) is 29.8 Å². The van der Waals surface area contributed by atoms with Crippen molar-refractivity contribution in [2.24, 2.45) is 0 Å². The van der Waals surface area contributed by atoms with Gasteiger partial charge in [0.25, 0.3) is 5.91 Å². The van der Waals surface area contributed by atoms with Gasteiger partial charge in [0, 0.05) is 30.8 Å². The van der Waals surface area contributed by atoms with E-state index in [0.717, 1.165) is 0 Å². The first-order valence-corrected chi connectivity index (χ1v) is 9.68. The number of nitrogens with zero attached hydrogens (tertiary/aromatic N) is 1. The van der Waals surface area contributed by atoms with E-state index >= 15 is 0 Å². The molecule has 0 radical (unpaired) electrons. The molecule has 0 saturated heterocycles. The summed E-state index contributed by atoms with van der Waals surface area (Å²) in [6.07, 6.45) is -0.422. The van der Waals surface area contributed by atoms with Crippen molar-refractivity contribution in [2.45, 2.75) is 33.3 Å². The van der Waals surface area contributed by atoms with Gasteiger partial charge in [0.15, 0.2) is 5.78 Å². The number of amides is 2. The van der Waals surface area contributed by atoms with Crippen LogP contribution in [0.15, 0.2) is 54.6 Å². The Morgan fingerprint density at radius 2 is 1.52 bits per heavy atom. The van der Waals surface area contributed by atoms with Crippen LogP contribution in [0.5, 0.6) is 0 Å². The molecule has 2 rings (SSSR count). The van der Waals surface area contributed by atoms with Crippen molar-refractivity contribution in [1.29, 1.82) is 0 Å². The second-order valence-corrected chi connectivity index (χ2v) is 7.56. The third kappa shape index (κ3) is 6.45. The third-order valence-corrected chi connectivity index (χ3v) is 4.15. The van der Waals surface area contributed by atoms with Crippen LogP contribution in [-0.2, 0) is 4.74 Å². The van der Waals surface area contributed by atoms with Gasteiger partial charge in [-0.15, -0.1) is 0 Å². The molecule has 6 heteroatoms. The number of carbonyl (C=O) groups excluding carboxylic acids is 3. The van der Waals surface area contributed by atoms with Crippen molar-refractivity contribution in [3.05, 3.63) is 71.3 Å². The van der Waals surface area contributed by atoms with Gasteiger partial charge in [0.2, 0.25) is 0 Å². The third-order valence-electron chi connectivity index (χ3n) is 4.15. The number of benzene rings is 2. The number of hydrogen-bond acceptors (Lipinski definition) is 4. The van der Waals surface area contributed by atoms with E-state index in [2.05, 4.69) is 5.32 Å². The molecule has 154 valence electrons. The lowest BCUT2D eigenvalue weighted by Crippen LogP contribution is -2.41. The van der Waals surface area contributed by atoms with Crippen molar-refractivity contribution in [3.63, 3.8) is 0 Å². The number of carbonyl (C=O) groups is 3. The molecule has 0 spiro atoms. The smallest absolute Gasteiger partial charge is 0.410 e. The molecule has 1 N–H and O–H groups in total. The van der Waals surface area contributed by atoms with Gasteiger partial charge in [-0.2, -0.15) is 0 Å². The molecular formula is C23H28N2O4. The van der Waals surface area contributed by atoms with Crippen LogP contribution in [0.3, 0.4) is 0 Å². The molecule has 0 aliphatic rings. The molecule has 0 aromatic heterocycles. The highest BCUT2D eigenvalue weighted by Crippen LogP contribution is 2.15. The minimum Gasteiger partial charge on any atom is -0.444 e. The maximum absolute atomic E-state index is 12.8. The molecule has 0 bridgehead atoms. The number of likely N-dealkylation sites (N-methyl/N-ethyl adjacent to an activating group) is 1. The van der Waals surface area contributed by atoms with E-state index in [9.17, 15) is 14.4 Å². The van der Waals surface area contributed by atoms with E-state index in [-0.39, 0.29) is 18.2 Å². The largest absolute Gasteiger partial charge is 0.444 e. The van der Waals surface area contributed by atoms with Gasteiger partial charge in [-0.05, 0) is 33.8 Å².